The van der Waals surface area contributed by atoms with Crippen LogP contribution in [0.2, 0.25) is 10.0 Å². The van der Waals surface area contributed by atoms with E-state index in [0.29, 0.717) is 26.4 Å². The summed E-state index contributed by atoms with van der Waals surface area (Å²) in [5.74, 6) is -0.669. The molecule has 29 heavy (non-hydrogen) atoms. The average molecular weight is 469 g/mol. The Kier molecular flexibility index (Phi) is 4.98. The van der Waals surface area contributed by atoms with Gasteiger partial charge in [0.2, 0.25) is 9.84 Å². The number of nitrogens with zero attached hydrogens (tertiary/aromatic N) is 1. The zero-order valence-electron chi connectivity index (χ0n) is 15.0. The first-order valence-corrected chi connectivity index (χ1v) is 11.5. The van der Waals surface area contributed by atoms with Gasteiger partial charge < -0.3 is 10.5 Å². The van der Waals surface area contributed by atoms with E-state index in [4.69, 9.17) is 33.7 Å². The normalized spacial score (nSPS) is 14.2. The van der Waals surface area contributed by atoms with Gasteiger partial charge in [0, 0.05) is 15.7 Å². The number of sulfone groups is 1. The van der Waals surface area contributed by atoms with Crippen molar-refractivity contribution in [3.63, 3.8) is 0 Å². The third kappa shape index (κ3) is 3.16. The van der Waals surface area contributed by atoms with Gasteiger partial charge in [0.25, 0.3) is 0 Å². The zero-order valence-corrected chi connectivity index (χ0v) is 18.1. The minimum absolute atomic E-state index is 0.0401. The number of halogens is 2. The number of nitrogen functional groups attached to an aromatic ring is 1. The highest BCUT2D eigenvalue weighted by Gasteiger charge is 2.41. The molecule has 3 aromatic rings. The fourth-order valence-electron chi connectivity index (χ4n) is 3.13. The molecule has 0 amide bonds. The van der Waals surface area contributed by atoms with E-state index in [0.717, 1.165) is 11.3 Å². The molecular formula is C19H14Cl2N2O4S2. The summed E-state index contributed by atoms with van der Waals surface area (Å²) >= 11 is 13.1. The van der Waals surface area contributed by atoms with E-state index >= 15 is 0 Å². The SMILES string of the molecule is CCOC(=O)c1sc2c(c1N)S(=O)(=O)c1ccc(Cl)cc1N2c1ccc(Cl)cc1. The molecular weight excluding hydrogens is 455 g/mol. The molecule has 10 heteroatoms. The van der Waals surface area contributed by atoms with Crippen molar-refractivity contribution in [2.24, 2.45) is 0 Å². The molecule has 0 unspecified atom stereocenters. The first-order chi connectivity index (χ1) is 13.8. The summed E-state index contributed by atoms with van der Waals surface area (Å²) in [5.41, 5.74) is 7.03. The fraction of sp³-hybridized carbons (Fsp3) is 0.105. The molecule has 0 radical (unpaired) electrons. The third-order valence-electron chi connectivity index (χ3n) is 4.35. The van der Waals surface area contributed by atoms with Crippen molar-refractivity contribution in [2.45, 2.75) is 16.7 Å². The number of nitrogens with two attached hydrogens (primary N) is 1. The molecule has 0 aliphatic carbocycles. The van der Waals surface area contributed by atoms with Crippen LogP contribution in [-0.4, -0.2) is 21.0 Å². The van der Waals surface area contributed by atoms with Gasteiger partial charge in [-0.1, -0.05) is 23.2 Å². The summed E-state index contributed by atoms with van der Waals surface area (Å²) < 4.78 is 31.7. The lowest BCUT2D eigenvalue weighted by atomic mass is 10.2. The Labute approximate surface area is 181 Å². The van der Waals surface area contributed by atoms with E-state index in [9.17, 15) is 13.2 Å². The van der Waals surface area contributed by atoms with Gasteiger partial charge in [-0.3, -0.25) is 4.90 Å². The second-order valence-electron chi connectivity index (χ2n) is 6.13. The molecule has 0 atom stereocenters. The summed E-state index contributed by atoms with van der Waals surface area (Å²) in [6.07, 6.45) is 0. The van der Waals surface area contributed by atoms with E-state index in [1.54, 1.807) is 42.2 Å². The minimum Gasteiger partial charge on any atom is -0.462 e. The number of anilines is 4. The van der Waals surface area contributed by atoms with Gasteiger partial charge in [-0.25, -0.2) is 13.2 Å². The Bertz CT molecular complexity index is 1240. The summed E-state index contributed by atoms with van der Waals surface area (Å²) in [7, 11) is -3.97. The van der Waals surface area contributed by atoms with E-state index in [1.807, 2.05) is 0 Å². The number of benzene rings is 2. The van der Waals surface area contributed by atoms with Crippen LogP contribution < -0.4 is 10.6 Å². The molecule has 1 aliphatic heterocycles. The second-order valence-corrected chi connectivity index (χ2v) is 9.85. The van der Waals surface area contributed by atoms with Crippen LogP contribution in [0.25, 0.3) is 0 Å². The Morgan fingerprint density at radius 2 is 1.79 bits per heavy atom. The van der Waals surface area contributed by atoms with Crippen LogP contribution in [-0.2, 0) is 14.6 Å². The topological polar surface area (TPSA) is 89.7 Å². The Balaban J connectivity index is 2.05. The number of esters is 1. The monoisotopic (exact) mass is 468 g/mol. The average Bonchev–Trinajstić information content (AvgIpc) is 3.01. The number of carbonyl (C=O) groups excluding carboxylic acids is 1. The molecule has 4 rings (SSSR count). The lowest BCUT2D eigenvalue weighted by Gasteiger charge is -2.31. The first kappa shape index (κ1) is 20.0. The molecule has 2 N–H and O–H groups in total. The Morgan fingerprint density at radius 1 is 1.14 bits per heavy atom. The quantitative estimate of drug-likeness (QED) is 0.403. The van der Waals surface area contributed by atoms with Crippen molar-refractivity contribution >= 4 is 72.4 Å². The van der Waals surface area contributed by atoms with Crippen LogP contribution >= 0.6 is 34.5 Å². The van der Waals surface area contributed by atoms with Gasteiger partial charge in [-0.05, 0) is 49.4 Å². The second kappa shape index (κ2) is 7.21. The van der Waals surface area contributed by atoms with Crippen LogP contribution in [0.1, 0.15) is 16.6 Å². The van der Waals surface area contributed by atoms with E-state index in [-0.39, 0.29) is 27.0 Å². The Morgan fingerprint density at radius 3 is 2.45 bits per heavy atom. The molecule has 0 saturated heterocycles. The number of hydrogen-bond acceptors (Lipinski definition) is 7. The van der Waals surface area contributed by atoms with Crippen molar-refractivity contribution in [2.75, 3.05) is 17.2 Å². The van der Waals surface area contributed by atoms with Gasteiger partial charge in [0.15, 0.2) is 0 Å². The molecule has 0 fully saturated rings. The van der Waals surface area contributed by atoms with Crippen LogP contribution in [0.4, 0.5) is 22.1 Å². The third-order valence-corrected chi connectivity index (χ3v) is 8.01. The van der Waals surface area contributed by atoms with Gasteiger partial charge in [-0.2, -0.15) is 0 Å². The van der Waals surface area contributed by atoms with Crippen LogP contribution in [0, 0.1) is 0 Å². The predicted octanol–water partition coefficient (Wildman–Crippen LogP) is 5.43. The highest BCUT2D eigenvalue weighted by molar-refractivity contribution is 7.92. The van der Waals surface area contributed by atoms with Crippen molar-refractivity contribution in [3.05, 3.63) is 57.4 Å². The number of thiophene rings is 1. The van der Waals surface area contributed by atoms with E-state index in [2.05, 4.69) is 0 Å². The molecule has 2 heterocycles. The minimum atomic E-state index is -3.97. The molecule has 1 aromatic heterocycles. The van der Waals surface area contributed by atoms with Gasteiger partial charge in [0.05, 0.1) is 22.9 Å². The smallest absolute Gasteiger partial charge is 0.350 e. The molecule has 6 nitrogen and oxygen atoms in total. The van der Waals surface area contributed by atoms with E-state index < -0.39 is 15.8 Å². The molecule has 2 aromatic carbocycles. The van der Waals surface area contributed by atoms with Crippen molar-refractivity contribution in [1.29, 1.82) is 0 Å². The van der Waals surface area contributed by atoms with Gasteiger partial charge in [0.1, 0.15) is 14.8 Å². The van der Waals surface area contributed by atoms with Gasteiger partial charge >= 0.3 is 5.97 Å². The molecule has 0 saturated carbocycles. The maximum absolute atomic E-state index is 13.3. The molecule has 150 valence electrons. The molecule has 0 spiro atoms. The standard InChI is InChI=1S/C19H14Cl2N2O4S2/c1-2-27-19(24)16-15(22)17-18(28-16)23(12-6-3-10(20)4-7-12)13-9-11(21)5-8-14(13)29(17,25)26/h3-9H,2,22H2,1H3. The van der Waals surface area contributed by atoms with Gasteiger partial charge in [-0.15, -0.1) is 11.3 Å². The molecule has 0 bridgehead atoms. The van der Waals surface area contributed by atoms with Crippen molar-refractivity contribution in [1.82, 2.24) is 0 Å². The number of fused-ring (bicyclic) bond motifs is 2. The van der Waals surface area contributed by atoms with Crippen LogP contribution in [0.15, 0.2) is 52.3 Å². The maximum atomic E-state index is 13.3. The number of carbonyl (C=O) groups is 1. The number of hydrogen-bond donors (Lipinski definition) is 1. The van der Waals surface area contributed by atoms with Crippen LogP contribution in [0.5, 0.6) is 0 Å². The highest BCUT2D eigenvalue weighted by Crippen LogP contribution is 2.55. The summed E-state index contributed by atoms with van der Waals surface area (Å²) in [6.45, 7) is 1.81. The number of rotatable bonds is 3. The maximum Gasteiger partial charge on any atom is 0.350 e. The van der Waals surface area contributed by atoms with Crippen molar-refractivity contribution < 1.29 is 17.9 Å². The predicted molar refractivity (Wildman–Crippen MR) is 115 cm³/mol. The first-order valence-electron chi connectivity index (χ1n) is 8.45. The summed E-state index contributed by atoms with van der Waals surface area (Å²) in [4.78, 5) is 14.0. The summed E-state index contributed by atoms with van der Waals surface area (Å²) in [5, 5.41) is 1.20. The fourth-order valence-corrected chi connectivity index (χ4v) is 6.59. The lowest BCUT2D eigenvalue weighted by Crippen LogP contribution is -2.21. The zero-order chi connectivity index (χ0) is 20.9. The highest BCUT2D eigenvalue weighted by atomic mass is 35.5. The van der Waals surface area contributed by atoms with Crippen LogP contribution in [0.3, 0.4) is 0 Å². The summed E-state index contributed by atoms with van der Waals surface area (Å²) in [6, 6.07) is 11.4. The van der Waals surface area contributed by atoms with Crippen molar-refractivity contribution in [3.8, 4) is 0 Å². The molecule has 1 aliphatic rings. The number of ether oxygens (including phenoxy) is 1. The van der Waals surface area contributed by atoms with E-state index in [1.165, 1.54) is 12.1 Å². The Hall–Kier alpha value is -2.26. The largest absolute Gasteiger partial charge is 0.462 e. The lowest BCUT2D eigenvalue weighted by molar-refractivity contribution is 0.0533.